The average Bonchev–Trinajstić information content (AvgIpc) is 3.44. The second-order valence-electron chi connectivity index (χ2n) is 6.37. The van der Waals surface area contributed by atoms with E-state index in [4.69, 9.17) is 4.74 Å². The maximum absolute atomic E-state index is 14.1. The Morgan fingerprint density at radius 2 is 1.90 bits per heavy atom. The highest BCUT2D eigenvalue weighted by Gasteiger charge is 2.64. The number of carbonyl (C=O) groups excluding carboxylic acids is 2. The normalized spacial score (nSPS) is 15.9. The van der Waals surface area contributed by atoms with Crippen LogP contribution in [0.1, 0.15) is 34.8 Å². The SMILES string of the molecule is COC(=O)[C@@](NC(=O)c1ccccc1OC)(Nc1nc(C2CC2)cs1)C(F)(F)F. The number of ether oxygens (including phenoxy) is 2. The number of benzene rings is 1. The molecule has 1 saturated carbocycles. The first kappa shape index (κ1) is 20.9. The Hall–Kier alpha value is -2.82. The van der Waals surface area contributed by atoms with E-state index in [1.54, 1.807) is 16.8 Å². The van der Waals surface area contributed by atoms with Gasteiger partial charge in [0.2, 0.25) is 0 Å². The minimum Gasteiger partial charge on any atom is -0.496 e. The number of carbonyl (C=O) groups is 2. The number of esters is 1. The van der Waals surface area contributed by atoms with E-state index in [1.807, 2.05) is 0 Å². The van der Waals surface area contributed by atoms with Gasteiger partial charge in [0.1, 0.15) is 5.75 Å². The van der Waals surface area contributed by atoms with E-state index in [0.29, 0.717) is 5.69 Å². The van der Waals surface area contributed by atoms with Gasteiger partial charge in [0.05, 0.1) is 25.5 Å². The van der Waals surface area contributed by atoms with E-state index in [9.17, 15) is 22.8 Å². The van der Waals surface area contributed by atoms with Gasteiger partial charge in [-0.2, -0.15) is 13.2 Å². The fraction of sp³-hybridized carbons (Fsp3) is 0.389. The molecule has 1 aliphatic rings. The fourth-order valence-corrected chi connectivity index (χ4v) is 3.53. The average molecular weight is 429 g/mol. The molecule has 11 heteroatoms. The Morgan fingerprint density at radius 3 is 2.48 bits per heavy atom. The zero-order chi connectivity index (χ0) is 21.2. The monoisotopic (exact) mass is 429 g/mol. The van der Waals surface area contributed by atoms with Crippen molar-refractivity contribution in [2.45, 2.75) is 30.6 Å². The van der Waals surface area contributed by atoms with Gasteiger partial charge in [-0.05, 0) is 25.0 Å². The summed E-state index contributed by atoms with van der Waals surface area (Å²) >= 11 is 0.913. The predicted molar refractivity (Wildman–Crippen MR) is 99.0 cm³/mol. The van der Waals surface area contributed by atoms with E-state index in [-0.39, 0.29) is 22.4 Å². The van der Waals surface area contributed by atoms with Crippen LogP contribution in [0.5, 0.6) is 5.75 Å². The summed E-state index contributed by atoms with van der Waals surface area (Å²) in [5, 5.41) is 5.28. The number of anilines is 1. The highest BCUT2D eigenvalue weighted by Crippen LogP contribution is 2.42. The van der Waals surface area contributed by atoms with Crippen molar-refractivity contribution in [2.24, 2.45) is 0 Å². The van der Waals surface area contributed by atoms with Crippen LogP contribution in [0.25, 0.3) is 0 Å². The third-order valence-corrected chi connectivity index (χ3v) is 5.16. The van der Waals surface area contributed by atoms with E-state index < -0.39 is 23.7 Å². The first-order chi connectivity index (χ1) is 13.7. The predicted octanol–water partition coefficient (Wildman–Crippen LogP) is 3.30. The summed E-state index contributed by atoms with van der Waals surface area (Å²) in [5.74, 6) is -2.63. The van der Waals surface area contributed by atoms with Crippen molar-refractivity contribution >= 4 is 28.3 Å². The largest absolute Gasteiger partial charge is 0.496 e. The molecule has 7 nitrogen and oxygen atoms in total. The lowest BCUT2D eigenvalue weighted by Gasteiger charge is -2.34. The van der Waals surface area contributed by atoms with Gasteiger partial charge in [-0.15, -0.1) is 11.3 Å². The molecule has 1 aliphatic carbocycles. The number of hydrogen-bond donors (Lipinski definition) is 2. The zero-order valence-electron chi connectivity index (χ0n) is 15.5. The molecule has 1 fully saturated rings. The molecule has 2 N–H and O–H groups in total. The van der Waals surface area contributed by atoms with Gasteiger partial charge in [0.25, 0.3) is 5.91 Å². The molecule has 0 bridgehead atoms. The lowest BCUT2D eigenvalue weighted by molar-refractivity contribution is -0.203. The third-order valence-electron chi connectivity index (χ3n) is 4.38. The lowest BCUT2D eigenvalue weighted by Crippen LogP contribution is -2.69. The van der Waals surface area contributed by atoms with E-state index >= 15 is 0 Å². The molecule has 0 radical (unpaired) electrons. The Bertz CT molecular complexity index is 914. The molecule has 0 spiro atoms. The summed E-state index contributed by atoms with van der Waals surface area (Å²) in [7, 11) is 2.08. The molecular formula is C18H18F3N3O4S. The maximum atomic E-state index is 14.1. The Labute approximate surface area is 168 Å². The number of nitrogens with zero attached hydrogens (tertiary/aromatic N) is 1. The summed E-state index contributed by atoms with van der Waals surface area (Å²) in [6, 6.07) is 5.71. The Kier molecular flexibility index (Phi) is 5.69. The van der Waals surface area contributed by atoms with Gasteiger partial charge in [-0.1, -0.05) is 12.1 Å². The number of thiazole rings is 1. The summed E-state index contributed by atoms with van der Waals surface area (Å²) in [6.07, 6.45) is -3.41. The number of nitrogens with one attached hydrogen (secondary N) is 2. The second-order valence-corrected chi connectivity index (χ2v) is 7.23. The molecule has 29 heavy (non-hydrogen) atoms. The number of halogens is 3. The van der Waals surface area contributed by atoms with Crippen LogP contribution in [0.4, 0.5) is 18.3 Å². The number of rotatable bonds is 7. The molecule has 0 aliphatic heterocycles. The van der Waals surface area contributed by atoms with E-state index in [0.717, 1.165) is 31.3 Å². The number of aromatic nitrogens is 1. The Morgan fingerprint density at radius 1 is 1.21 bits per heavy atom. The third kappa shape index (κ3) is 4.14. The molecular weight excluding hydrogens is 411 g/mol. The van der Waals surface area contributed by atoms with Gasteiger partial charge in [-0.3, -0.25) is 4.79 Å². The molecule has 1 heterocycles. The van der Waals surface area contributed by atoms with Crippen molar-refractivity contribution in [1.29, 1.82) is 0 Å². The number of hydrogen-bond acceptors (Lipinski definition) is 7. The summed E-state index contributed by atoms with van der Waals surface area (Å²) < 4.78 is 51.7. The van der Waals surface area contributed by atoms with Crippen molar-refractivity contribution in [2.75, 3.05) is 19.5 Å². The van der Waals surface area contributed by atoms with Crippen molar-refractivity contribution in [3.05, 3.63) is 40.9 Å². The lowest BCUT2D eigenvalue weighted by atomic mass is 10.1. The maximum Gasteiger partial charge on any atom is 0.442 e. The van der Waals surface area contributed by atoms with Gasteiger partial charge in [0, 0.05) is 11.3 Å². The van der Waals surface area contributed by atoms with Crippen molar-refractivity contribution < 1.29 is 32.2 Å². The van der Waals surface area contributed by atoms with Crippen molar-refractivity contribution in [1.82, 2.24) is 10.3 Å². The number of alkyl halides is 3. The van der Waals surface area contributed by atoms with E-state index in [1.165, 1.54) is 25.3 Å². The highest BCUT2D eigenvalue weighted by molar-refractivity contribution is 7.13. The fourth-order valence-electron chi connectivity index (χ4n) is 2.68. The van der Waals surface area contributed by atoms with Gasteiger partial charge < -0.3 is 20.1 Å². The van der Waals surface area contributed by atoms with Crippen LogP contribution >= 0.6 is 11.3 Å². The van der Waals surface area contributed by atoms with Crippen LogP contribution in [0.15, 0.2) is 29.6 Å². The van der Waals surface area contributed by atoms with Crippen LogP contribution in [-0.2, 0) is 9.53 Å². The van der Waals surface area contributed by atoms with E-state index in [2.05, 4.69) is 15.0 Å². The zero-order valence-corrected chi connectivity index (χ0v) is 16.3. The van der Waals surface area contributed by atoms with Gasteiger partial charge >= 0.3 is 17.8 Å². The Balaban J connectivity index is 1.98. The number of amides is 1. The van der Waals surface area contributed by atoms with Crippen LogP contribution < -0.4 is 15.4 Å². The molecule has 1 atom stereocenters. The van der Waals surface area contributed by atoms with Crippen molar-refractivity contribution in [3.8, 4) is 5.75 Å². The van der Waals surface area contributed by atoms with Crippen LogP contribution in [-0.4, -0.2) is 42.9 Å². The number of para-hydroxylation sites is 1. The smallest absolute Gasteiger partial charge is 0.442 e. The molecule has 2 aromatic rings. The molecule has 0 saturated heterocycles. The summed E-state index contributed by atoms with van der Waals surface area (Å²) in [4.78, 5) is 29.1. The number of methoxy groups -OCH3 is 2. The molecule has 0 unspecified atom stereocenters. The van der Waals surface area contributed by atoms with Crippen LogP contribution in [0, 0.1) is 0 Å². The quantitative estimate of drug-likeness (QED) is 0.519. The van der Waals surface area contributed by atoms with Crippen LogP contribution in [0.2, 0.25) is 0 Å². The topological polar surface area (TPSA) is 89.5 Å². The molecule has 3 rings (SSSR count). The van der Waals surface area contributed by atoms with Crippen LogP contribution in [0.3, 0.4) is 0 Å². The van der Waals surface area contributed by atoms with Gasteiger partial charge in [0.15, 0.2) is 5.13 Å². The standard InChI is InChI=1S/C18H18F3N3O4S/c1-27-13-6-4-3-5-11(13)14(25)23-17(15(26)28-2,18(19,20)21)24-16-22-12(9-29-16)10-7-8-10/h3-6,9-10H,7-8H2,1-2H3,(H,22,24)(H,23,25)/t17-/m1/s1. The van der Waals surface area contributed by atoms with Gasteiger partial charge in [-0.25, -0.2) is 9.78 Å². The summed E-state index contributed by atoms with van der Waals surface area (Å²) in [5.41, 5.74) is -3.06. The minimum absolute atomic E-state index is 0.0520. The second kappa shape index (κ2) is 7.90. The molecule has 1 amide bonds. The summed E-state index contributed by atoms with van der Waals surface area (Å²) in [6.45, 7) is 0. The first-order valence-electron chi connectivity index (χ1n) is 8.56. The first-order valence-corrected chi connectivity index (χ1v) is 9.44. The minimum atomic E-state index is -5.23. The molecule has 1 aromatic carbocycles. The highest BCUT2D eigenvalue weighted by atomic mass is 32.1. The molecule has 1 aromatic heterocycles. The van der Waals surface area contributed by atoms with Crippen molar-refractivity contribution in [3.63, 3.8) is 0 Å². The molecule has 156 valence electrons.